The number of halogens is 3. The molecule has 0 aliphatic carbocycles. The van der Waals surface area contributed by atoms with Crippen molar-refractivity contribution in [2.24, 2.45) is 0 Å². The molecule has 2 rings (SSSR count). The molecule has 0 aliphatic heterocycles. The Hall–Kier alpha value is -2.48. The summed E-state index contributed by atoms with van der Waals surface area (Å²) in [5.74, 6) is -0.493. The van der Waals surface area contributed by atoms with Crippen LogP contribution in [0.5, 0.6) is 0 Å². The summed E-state index contributed by atoms with van der Waals surface area (Å²) in [5, 5.41) is 4.71. The molecule has 1 heterocycles. The van der Waals surface area contributed by atoms with E-state index in [4.69, 9.17) is 0 Å². The van der Waals surface area contributed by atoms with Gasteiger partial charge in [-0.05, 0) is 18.1 Å². The molecule has 1 amide bonds. The zero-order valence-corrected chi connectivity index (χ0v) is 13.0. The maximum Gasteiger partial charge on any atom is 0.401 e. The number of nitrogens with one attached hydrogen (secondary N) is 2. The van der Waals surface area contributed by atoms with Crippen LogP contribution in [0.25, 0.3) is 11.1 Å². The molecule has 1 aromatic heterocycles. The van der Waals surface area contributed by atoms with Crippen LogP contribution in [0, 0.1) is 0 Å². The maximum atomic E-state index is 12.0. The van der Waals surface area contributed by atoms with E-state index in [-0.39, 0.29) is 12.6 Å². The Balaban J connectivity index is 1.88. The lowest BCUT2D eigenvalue weighted by molar-refractivity contribution is -0.128. The molecule has 0 fully saturated rings. The minimum absolute atomic E-state index is 0.314. The molecule has 0 aliphatic rings. The molecule has 0 saturated heterocycles. The molecule has 0 spiro atoms. The van der Waals surface area contributed by atoms with E-state index in [2.05, 4.69) is 20.6 Å². The Labute approximate surface area is 137 Å². The quantitative estimate of drug-likeness (QED) is 0.849. The lowest BCUT2D eigenvalue weighted by atomic mass is 10.0. The average Bonchev–Trinajstić information content (AvgIpc) is 2.54. The Morgan fingerprint density at radius 1 is 1.12 bits per heavy atom. The van der Waals surface area contributed by atoms with Gasteiger partial charge in [-0.1, -0.05) is 24.3 Å². The fourth-order valence-corrected chi connectivity index (χ4v) is 2.11. The van der Waals surface area contributed by atoms with Crippen LogP contribution in [0.3, 0.4) is 0 Å². The topological polar surface area (TPSA) is 66.9 Å². The average molecular weight is 338 g/mol. The van der Waals surface area contributed by atoms with Gasteiger partial charge in [0.2, 0.25) is 5.91 Å². The summed E-state index contributed by atoms with van der Waals surface area (Å²) in [7, 11) is 0. The summed E-state index contributed by atoms with van der Waals surface area (Å²) in [6.07, 6.45) is 0.504. The van der Waals surface area contributed by atoms with E-state index in [1.54, 1.807) is 19.3 Å². The molecule has 0 radical (unpaired) electrons. The Bertz CT molecular complexity index is 659. The molecule has 24 heavy (non-hydrogen) atoms. The van der Waals surface area contributed by atoms with Crippen molar-refractivity contribution in [2.75, 3.05) is 13.1 Å². The summed E-state index contributed by atoms with van der Waals surface area (Å²) in [6, 6.07) is 7.12. The van der Waals surface area contributed by atoms with Gasteiger partial charge in [0.05, 0.1) is 19.1 Å². The van der Waals surface area contributed by atoms with E-state index in [0.29, 0.717) is 0 Å². The first kappa shape index (κ1) is 17.9. The molecule has 2 aromatic rings. The molecular weight excluding hydrogens is 321 g/mol. The lowest BCUT2D eigenvalue weighted by Gasteiger charge is -2.15. The third-order valence-electron chi connectivity index (χ3n) is 3.29. The van der Waals surface area contributed by atoms with Crippen LogP contribution < -0.4 is 10.6 Å². The number of alkyl halides is 3. The van der Waals surface area contributed by atoms with Crippen LogP contribution in [0.15, 0.2) is 43.0 Å². The van der Waals surface area contributed by atoms with E-state index >= 15 is 0 Å². The van der Waals surface area contributed by atoms with Crippen LogP contribution in [-0.4, -0.2) is 35.1 Å². The monoisotopic (exact) mass is 338 g/mol. The van der Waals surface area contributed by atoms with Crippen molar-refractivity contribution in [2.45, 2.75) is 19.1 Å². The highest BCUT2D eigenvalue weighted by Gasteiger charge is 2.26. The van der Waals surface area contributed by atoms with Gasteiger partial charge in [0.25, 0.3) is 0 Å². The van der Waals surface area contributed by atoms with Crippen molar-refractivity contribution >= 4 is 5.91 Å². The number of hydrogen-bond acceptors (Lipinski definition) is 4. The van der Waals surface area contributed by atoms with Crippen molar-refractivity contribution in [3.05, 3.63) is 48.5 Å². The van der Waals surface area contributed by atoms with Gasteiger partial charge in [-0.15, -0.1) is 0 Å². The van der Waals surface area contributed by atoms with E-state index in [1.807, 2.05) is 24.3 Å². The standard InChI is InChI=1S/C16H17F3N4O/c1-11(23-15(24)8-20-9-16(17,18)19)12-2-4-13(5-3-12)14-6-21-10-22-7-14/h2-7,10-11,20H,8-9H2,1H3,(H,23,24). The largest absolute Gasteiger partial charge is 0.401 e. The van der Waals surface area contributed by atoms with Crippen LogP contribution in [0.4, 0.5) is 13.2 Å². The summed E-state index contributed by atoms with van der Waals surface area (Å²) >= 11 is 0. The third-order valence-corrected chi connectivity index (χ3v) is 3.29. The summed E-state index contributed by atoms with van der Waals surface area (Å²) in [6.45, 7) is 0.189. The summed E-state index contributed by atoms with van der Waals surface area (Å²) in [5.41, 5.74) is 2.65. The van der Waals surface area contributed by atoms with Gasteiger partial charge in [0.15, 0.2) is 0 Å². The Morgan fingerprint density at radius 2 is 1.75 bits per heavy atom. The number of amides is 1. The lowest BCUT2D eigenvalue weighted by Crippen LogP contribution is -2.39. The van der Waals surface area contributed by atoms with Gasteiger partial charge in [-0.25, -0.2) is 9.97 Å². The highest BCUT2D eigenvalue weighted by atomic mass is 19.4. The predicted molar refractivity (Wildman–Crippen MR) is 83.0 cm³/mol. The van der Waals surface area contributed by atoms with Crippen LogP contribution >= 0.6 is 0 Å². The fourth-order valence-electron chi connectivity index (χ4n) is 2.11. The van der Waals surface area contributed by atoms with Crippen molar-refractivity contribution in [1.82, 2.24) is 20.6 Å². The summed E-state index contributed by atoms with van der Waals surface area (Å²) < 4.78 is 36.0. The SMILES string of the molecule is CC(NC(=O)CNCC(F)(F)F)c1ccc(-c2cncnc2)cc1. The first-order valence-electron chi connectivity index (χ1n) is 7.27. The molecule has 1 aromatic carbocycles. The predicted octanol–water partition coefficient (Wildman–Crippen LogP) is 2.47. The zero-order valence-electron chi connectivity index (χ0n) is 13.0. The van der Waals surface area contributed by atoms with Crippen molar-refractivity contribution in [1.29, 1.82) is 0 Å². The molecule has 2 N–H and O–H groups in total. The van der Waals surface area contributed by atoms with Gasteiger partial charge in [0, 0.05) is 18.0 Å². The van der Waals surface area contributed by atoms with Crippen LogP contribution in [0.2, 0.25) is 0 Å². The number of aromatic nitrogens is 2. The van der Waals surface area contributed by atoms with E-state index < -0.39 is 18.6 Å². The number of benzene rings is 1. The van der Waals surface area contributed by atoms with Gasteiger partial charge in [0.1, 0.15) is 6.33 Å². The van der Waals surface area contributed by atoms with Crippen molar-refractivity contribution in [3.8, 4) is 11.1 Å². The minimum Gasteiger partial charge on any atom is -0.348 e. The van der Waals surface area contributed by atoms with Crippen molar-refractivity contribution in [3.63, 3.8) is 0 Å². The van der Waals surface area contributed by atoms with Crippen molar-refractivity contribution < 1.29 is 18.0 Å². The van der Waals surface area contributed by atoms with Gasteiger partial charge < -0.3 is 10.6 Å². The second kappa shape index (κ2) is 7.87. The Morgan fingerprint density at radius 3 is 2.33 bits per heavy atom. The first-order chi connectivity index (χ1) is 11.3. The normalized spacial score (nSPS) is 12.7. The minimum atomic E-state index is -4.33. The van der Waals surface area contributed by atoms with Gasteiger partial charge in [-0.2, -0.15) is 13.2 Å². The number of carbonyl (C=O) groups excluding carboxylic acids is 1. The molecule has 1 atom stereocenters. The molecular formula is C16H17F3N4O. The zero-order chi connectivity index (χ0) is 17.6. The number of hydrogen-bond donors (Lipinski definition) is 2. The van der Waals surface area contributed by atoms with Gasteiger partial charge >= 0.3 is 6.18 Å². The van der Waals surface area contributed by atoms with Gasteiger partial charge in [-0.3, -0.25) is 4.79 Å². The first-order valence-corrected chi connectivity index (χ1v) is 7.27. The highest BCUT2D eigenvalue weighted by Crippen LogP contribution is 2.20. The molecule has 128 valence electrons. The molecule has 8 heteroatoms. The second-order valence-corrected chi connectivity index (χ2v) is 5.26. The summed E-state index contributed by atoms with van der Waals surface area (Å²) in [4.78, 5) is 19.5. The molecule has 5 nitrogen and oxygen atoms in total. The second-order valence-electron chi connectivity index (χ2n) is 5.26. The molecule has 1 unspecified atom stereocenters. The third kappa shape index (κ3) is 5.62. The van der Waals surface area contributed by atoms with E-state index in [0.717, 1.165) is 16.7 Å². The Kier molecular flexibility index (Phi) is 5.86. The molecule has 0 bridgehead atoms. The van der Waals surface area contributed by atoms with E-state index in [1.165, 1.54) is 6.33 Å². The maximum absolute atomic E-state index is 12.0. The highest BCUT2D eigenvalue weighted by molar-refractivity contribution is 5.78. The van der Waals surface area contributed by atoms with E-state index in [9.17, 15) is 18.0 Å². The number of rotatable bonds is 6. The molecule has 0 saturated carbocycles. The number of nitrogens with zero attached hydrogens (tertiary/aromatic N) is 2. The smallest absolute Gasteiger partial charge is 0.348 e. The number of carbonyl (C=O) groups is 1. The fraction of sp³-hybridized carbons (Fsp3) is 0.312. The van der Waals surface area contributed by atoms with Crippen LogP contribution in [0.1, 0.15) is 18.5 Å². The van der Waals surface area contributed by atoms with Crippen LogP contribution in [-0.2, 0) is 4.79 Å².